The van der Waals surface area contributed by atoms with E-state index in [2.05, 4.69) is 14.9 Å². The van der Waals surface area contributed by atoms with Crippen molar-refractivity contribution >= 4 is 27.5 Å². The fourth-order valence-electron chi connectivity index (χ4n) is 2.53. The van der Waals surface area contributed by atoms with Crippen LogP contribution in [0.2, 0.25) is 0 Å². The third kappa shape index (κ3) is 7.31. The molecule has 1 aromatic carbocycles. The van der Waals surface area contributed by atoms with Gasteiger partial charge in [-0.05, 0) is 71.0 Å². The number of nitrogens with zero attached hydrogens (tertiary/aromatic N) is 1. The third-order valence-corrected chi connectivity index (χ3v) is 4.95. The van der Waals surface area contributed by atoms with E-state index < -0.39 is 21.7 Å². The Kier molecular flexibility index (Phi) is 6.29. The minimum Gasteiger partial charge on any atom is -0.444 e. The van der Waals surface area contributed by atoms with Crippen molar-refractivity contribution in [3.63, 3.8) is 0 Å². The van der Waals surface area contributed by atoms with Gasteiger partial charge in [0.1, 0.15) is 5.60 Å². The van der Waals surface area contributed by atoms with Gasteiger partial charge in [-0.3, -0.25) is 10.0 Å². The molecule has 7 nitrogen and oxygen atoms in total. The van der Waals surface area contributed by atoms with Crippen LogP contribution >= 0.6 is 0 Å². The maximum absolute atomic E-state index is 12.1. The van der Waals surface area contributed by atoms with Crippen molar-refractivity contribution in [1.82, 2.24) is 4.90 Å². The van der Waals surface area contributed by atoms with Crippen molar-refractivity contribution in [2.24, 2.45) is 0 Å². The number of ether oxygens (including phenoxy) is 1. The SMILES string of the molecule is CC(C)(C)OC(=O)Nc1ccc(NS(=O)(=O)CCN2CCCC2)cc1. The van der Waals surface area contributed by atoms with Gasteiger partial charge in [-0.1, -0.05) is 0 Å². The van der Waals surface area contributed by atoms with Crippen LogP contribution in [0.15, 0.2) is 24.3 Å². The zero-order chi connectivity index (χ0) is 18.5. The Morgan fingerprint density at radius 2 is 1.68 bits per heavy atom. The maximum Gasteiger partial charge on any atom is 0.412 e. The average molecular weight is 369 g/mol. The molecule has 1 aliphatic rings. The second-order valence-electron chi connectivity index (χ2n) is 7.17. The first-order chi connectivity index (χ1) is 11.6. The van der Waals surface area contributed by atoms with Crippen molar-refractivity contribution < 1.29 is 17.9 Å². The Balaban J connectivity index is 1.85. The first-order valence-electron chi connectivity index (χ1n) is 8.46. The number of amides is 1. The molecule has 0 unspecified atom stereocenters. The summed E-state index contributed by atoms with van der Waals surface area (Å²) in [6.07, 6.45) is 1.73. The smallest absolute Gasteiger partial charge is 0.412 e. The molecular weight excluding hydrogens is 342 g/mol. The first kappa shape index (κ1) is 19.5. The molecule has 1 aliphatic heterocycles. The minimum absolute atomic E-state index is 0.0743. The molecule has 2 rings (SSSR count). The third-order valence-electron chi connectivity index (χ3n) is 3.68. The van der Waals surface area contributed by atoms with Gasteiger partial charge >= 0.3 is 6.09 Å². The number of benzene rings is 1. The van der Waals surface area contributed by atoms with Crippen LogP contribution in [0.1, 0.15) is 33.6 Å². The summed E-state index contributed by atoms with van der Waals surface area (Å²) in [4.78, 5) is 13.9. The standard InChI is InChI=1S/C17H27N3O4S/c1-17(2,3)24-16(21)18-14-6-8-15(9-7-14)19-25(22,23)13-12-20-10-4-5-11-20/h6-9,19H,4-5,10-13H2,1-3H3,(H,18,21). The number of nitrogens with one attached hydrogen (secondary N) is 2. The second-order valence-corrected chi connectivity index (χ2v) is 9.02. The van der Waals surface area contributed by atoms with E-state index in [1.807, 2.05) is 0 Å². The summed E-state index contributed by atoms with van der Waals surface area (Å²) in [6, 6.07) is 6.48. The van der Waals surface area contributed by atoms with E-state index in [1.54, 1.807) is 45.0 Å². The molecule has 25 heavy (non-hydrogen) atoms. The van der Waals surface area contributed by atoms with Crippen LogP contribution in [0.5, 0.6) is 0 Å². The van der Waals surface area contributed by atoms with E-state index in [0.717, 1.165) is 25.9 Å². The lowest BCUT2D eigenvalue weighted by molar-refractivity contribution is 0.0636. The van der Waals surface area contributed by atoms with E-state index in [1.165, 1.54) is 0 Å². The molecule has 2 N–H and O–H groups in total. The van der Waals surface area contributed by atoms with Crippen molar-refractivity contribution in [3.05, 3.63) is 24.3 Å². The topological polar surface area (TPSA) is 87.7 Å². The summed E-state index contributed by atoms with van der Waals surface area (Å²) in [5.74, 6) is 0.0743. The minimum atomic E-state index is -3.39. The number of hydrogen-bond donors (Lipinski definition) is 2. The quantitative estimate of drug-likeness (QED) is 0.805. The Morgan fingerprint density at radius 3 is 2.24 bits per heavy atom. The predicted molar refractivity (Wildman–Crippen MR) is 99.4 cm³/mol. The number of carbonyl (C=O) groups excluding carboxylic acids is 1. The van der Waals surface area contributed by atoms with Crippen LogP contribution in [0.4, 0.5) is 16.2 Å². The number of anilines is 2. The summed E-state index contributed by atoms with van der Waals surface area (Å²) in [5.41, 5.74) is 0.431. The van der Waals surface area contributed by atoms with Crippen molar-refractivity contribution in [3.8, 4) is 0 Å². The molecule has 0 aromatic heterocycles. The van der Waals surface area contributed by atoms with E-state index in [-0.39, 0.29) is 5.75 Å². The van der Waals surface area contributed by atoms with E-state index in [9.17, 15) is 13.2 Å². The highest BCUT2D eigenvalue weighted by atomic mass is 32.2. The highest BCUT2D eigenvalue weighted by Gasteiger charge is 2.17. The van der Waals surface area contributed by atoms with Crippen LogP contribution in [0.3, 0.4) is 0 Å². The molecule has 140 valence electrons. The number of carbonyl (C=O) groups is 1. The molecule has 0 saturated carbocycles. The summed E-state index contributed by atoms with van der Waals surface area (Å²) < 4.78 is 32.0. The molecule has 1 amide bonds. The highest BCUT2D eigenvalue weighted by Crippen LogP contribution is 2.17. The van der Waals surface area contributed by atoms with Gasteiger partial charge in [0, 0.05) is 17.9 Å². The van der Waals surface area contributed by atoms with E-state index in [4.69, 9.17) is 4.74 Å². The van der Waals surface area contributed by atoms with Crippen LogP contribution < -0.4 is 10.0 Å². The number of sulfonamides is 1. The normalized spacial score (nSPS) is 15.8. The number of hydrogen-bond acceptors (Lipinski definition) is 5. The molecular formula is C17H27N3O4S. The fourth-order valence-corrected chi connectivity index (χ4v) is 3.62. The largest absolute Gasteiger partial charge is 0.444 e. The van der Waals surface area contributed by atoms with Gasteiger partial charge in [0.05, 0.1) is 5.75 Å². The molecule has 0 bridgehead atoms. The van der Waals surface area contributed by atoms with Gasteiger partial charge in [-0.25, -0.2) is 13.2 Å². The lowest BCUT2D eigenvalue weighted by atomic mass is 10.2. The second kappa shape index (κ2) is 8.05. The Morgan fingerprint density at radius 1 is 1.12 bits per heavy atom. The van der Waals surface area contributed by atoms with Gasteiger partial charge in [0.25, 0.3) is 0 Å². The van der Waals surface area contributed by atoms with Gasteiger partial charge in [-0.15, -0.1) is 0 Å². The van der Waals surface area contributed by atoms with Crippen LogP contribution in [-0.4, -0.2) is 50.4 Å². The monoisotopic (exact) mass is 369 g/mol. The molecule has 1 heterocycles. The lowest BCUT2D eigenvalue weighted by Crippen LogP contribution is -2.29. The van der Waals surface area contributed by atoms with Crippen LogP contribution in [0, 0.1) is 0 Å². The molecule has 8 heteroatoms. The van der Waals surface area contributed by atoms with Gasteiger partial charge in [-0.2, -0.15) is 0 Å². The van der Waals surface area contributed by atoms with Gasteiger partial charge < -0.3 is 9.64 Å². The summed E-state index contributed by atoms with van der Waals surface area (Å²) in [7, 11) is -3.39. The van der Waals surface area contributed by atoms with Crippen molar-refractivity contribution in [2.45, 2.75) is 39.2 Å². The van der Waals surface area contributed by atoms with Crippen LogP contribution in [0.25, 0.3) is 0 Å². The Labute approximate surface area is 149 Å². The Bertz CT molecular complexity index is 675. The summed E-state index contributed by atoms with van der Waals surface area (Å²) in [5, 5.41) is 2.61. The van der Waals surface area contributed by atoms with E-state index in [0.29, 0.717) is 17.9 Å². The molecule has 0 spiro atoms. The molecule has 0 aliphatic carbocycles. The predicted octanol–water partition coefficient (Wildman–Crippen LogP) is 2.87. The van der Waals surface area contributed by atoms with Crippen LogP contribution in [-0.2, 0) is 14.8 Å². The molecule has 0 atom stereocenters. The first-order valence-corrected chi connectivity index (χ1v) is 10.1. The van der Waals surface area contributed by atoms with Crippen molar-refractivity contribution in [2.75, 3.05) is 35.4 Å². The Hall–Kier alpha value is -1.80. The fraction of sp³-hybridized carbons (Fsp3) is 0.588. The molecule has 1 aromatic rings. The molecule has 1 fully saturated rings. The zero-order valence-corrected chi connectivity index (χ0v) is 15.9. The van der Waals surface area contributed by atoms with E-state index >= 15 is 0 Å². The van der Waals surface area contributed by atoms with Crippen molar-refractivity contribution in [1.29, 1.82) is 0 Å². The molecule has 0 radical (unpaired) electrons. The number of likely N-dealkylation sites (tertiary alicyclic amines) is 1. The number of rotatable bonds is 6. The lowest BCUT2D eigenvalue weighted by Gasteiger charge is -2.19. The average Bonchev–Trinajstić information content (AvgIpc) is 2.98. The highest BCUT2D eigenvalue weighted by molar-refractivity contribution is 7.92. The maximum atomic E-state index is 12.1. The van der Waals surface area contributed by atoms with Gasteiger partial charge in [0.2, 0.25) is 10.0 Å². The summed E-state index contributed by atoms with van der Waals surface area (Å²) >= 11 is 0. The summed E-state index contributed by atoms with van der Waals surface area (Å²) in [6.45, 7) is 7.85. The van der Waals surface area contributed by atoms with Gasteiger partial charge in [0.15, 0.2) is 0 Å². The zero-order valence-electron chi connectivity index (χ0n) is 15.0. The molecule has 1 saturated heterocycles.